The molecule has 73 valence electrons. The Morgan fingerprint density at radius 2 is 1.75 bits per heavy atom. The van der Waals surface area contributed by atoms with Crippen molar-refractivity contribution >= 4 is 12.6 Å². The van der Waals surface area contributed by atoms with E-state index in [9.17, 15) is 0 Å². The molecule has 0 bridgehead atoms. The maximum Gasteiger partial charge on any atom is -0.00978 e. The van der Waals surface area contributed by atoms with Crippen molar-refractivity contribution in [3.8, 4) is 0 Å². The predicted molar refractivity (Wildman–Crippen MR) is 60.7 cm³/mol. The average Bonchev–Trinajstić information content (AvgIpc) is 2.02. The van der Waals surface area contributed by atoms with E-state index in [2.05, 4.69) is 32.9 Å². The molecule has 0 unspecified atom stereocenters. The van der Waals surface area contributed by atoms with Gasteiger partial charge in [-0.05, 0) is 30.9 Å². The van der Waals surface area contributed by atoms with Crippen LogP contribution < -0.4 is 0 Å². The Morgan fingerprint density at radius 3 is 2.33 bits per heavy atom. The van der Waals surface area contributed by atoms with E-state index in [1.807, 2.05) is 0 Å². The highest BCUT2D eigenvalue weighted by atomic mass is 32.1. The minimum atomic E-state index is 0.877. The topological polar surface area (TPSA) is 0 Å². The molecule has 0 aliphatic rings. The summed E-state index contributed by atoms with van der Waals surface area (Å²) in [6, 6.07) is 0. The van der Waals surface area contributed by atoms with E-state index >= 15 is 0 Å². The van der Waals surface area contributed by atoms with E-state index in [-0.39, 0.29) is 0 Å². The zero-order chi connectivity index (χ0) is 9.23. The molecule has 1 heteroatoms. The maximum atomic E-state index is 4.17. The highest BCUT2D eigenvalue weighted by Crippen LogP contribution is 2.10. The van der Waals surface area contributed by atoms with Gasteiger partial charge in [0.05, 0.1) is 0 Å². The molecule has 0 atom stereocenters. The van der Waals surface area contributed by atoms with Crippen molar-refractivity contribution in [2.24, 2.45) is 5.92 Å². The Bertz CT molecular complexity index is 79.1. The number of hydrogen-bond donors (Lipinski definition) is 1. The molecule has 0 spiro atoms. The van der Waals surface area contributed by atoms with Gasteiger partial charge in [-0.15, -0.1) is 0 Å². The monoisotopic (exact) mass is 187 g/mol. The third-order valence-electron chi connectivity index (χ3n) is 2.01. The Kier molecular flexibility index (Phi) is 9.71. The molecule has 0 aliphatic carbocycles. The van der Waals surface area contributed by atoms with Crippen LogP contribution in [0.1, 0.15) is 52.4 Å². The first kappa shape index (κ1) is 12.3. The molecule has 0 heterocycles. The summed E-state index contributed by atoms with van der Waals surface area (Å²) >= 11 is 4.17. The smallest absolute Gasteiger partial charge is 0.00978 e. The van der Waals surface area contributed by atoms with Gasteiger partial charge in [0, 0.05) is 0 Å². The third-order valence-corrected chi connectivity index (χ3v) is 2.32. The second kappa shape index (κ2) is 9.44. The lowest BCUT2D eigenvalue weighted by atomic mass is 10.0. The summed E-state index contributed by atoms with van der Waals surface area (Å²) in [6.07, 6.45) is 10.4. The summed E-state index contributed by atoms with van der Waals surface area (Å²) in [5, 5.41) is 0. The van der Waals surface area contributed by atoms with E-state index < -0.39 is 0 Å². The van der Waals surface area contributed by atoms with Gasteiger partial charge in [-0.2, -0.15) is 12.6 Å². The number of unbranched alkanes of at least 4 members (excludes halogenated alkanes) is 5. The fraction of sp³-hybridized carbons (Fsp3) is 0.909. The van der Waals surface area contributed by atoms with Crippen LogP contribution >= 0.6 is 12.6 Å². The molecule has 0 aromatic carbocycles. The molecule has 0 amide bonds. The zero-order valence-corrected chi connectivity index (χ0v) is 9.45. The first-order valence-corrected chi connectivity index (χ1v) is 5.83. The minimum Gasteiger partial charge on any atom is -0.179 e. The molecular formula is C11H23S. The molecular weight excluding hydrogens is 164 g/mol. The summed E-state index contributed by atoms with van der Waals surface area (Å²) in [5.41, 5.74) is 0. The molecule has 0 fully saturated rings. The Morgan fingerprint density at radius 1 is 1.08 bits per heavy atom. The number of rotatable bonds is 8. The van der Waals surface area contributed by atoms with Crippen LogP contribution in [0.3, 0.4) is 0 Å². The van der Waals surface area contributed by atoms with Gasteiger partial charge in [0.15, 0.2) is 0 Å². The Balaban J connectivity index is 2.82. The standard InChI is InChI=1S/C11H23S/c1-11(2)9-7-5-3-4-6-8-10-12/h4,11-12H,3,5-10H2,1-2H3. The maximum absolute atomic E-state index is 4.17. The molecule has 0 N–H and O–H groups in total. The van der Waals surface area contributed by atoms with E-state index in [0.717, 1.165) is 11.7 Å². The van der Waals surface area contributed by atoms with E-state index in [0.29, 0.717) is 0 Å². The zero-order valence-electron chi connectivity index (χ0n) is 8.55. The van der Waals surface area contributed by atoms with Crippen LogP contribution in [0.4, 0.5) is 0 Å². The molecule has 0 saturated heterocycles. The van der Waals surface area contributed by atoms with Crippen LogP contribution in [0.25, 0.3) is 0 Å². The van der Waals surface area contributed by atoms with Crippen molar-refractivity contribution in [3.63, 3.8) is 0 Å². The van der Waals surface area contributed by atoms with Crippen molar-refractivity contribution in [3.05, 3.63) is 6.42 Å². The molecule has 0 saturated carbocycles. The van der Waals surface area contributed by atoms with Crippen molar-refractivity contribution in [2.45, 2.75) is 52.4 Å². The fourth-order valence-electron chi connectivity index (χ4n) is 1.22. The van der Waals surface area contributed by atoms with Gasteiger partial charge in [-0.25, -0.2) is 0 Å². The SMILES string of the molecule is CC(C)CCCC[CH]CCCS. The highest BCUT2D eigenvalue weighted by molar-refractivity contribution is 7.80. The summed E-state index contributed by atoms with van der Waals surface area (Å²) in [5.74, 6) is 1.91. The van der Waals surface area contributed by atoms with Crippen LogP contribution in [-0.2, 0) is 0 Å². The third kappa shape index (κ3) is 10.3. The Hall–Kier alpha value is 0.350. The molecule has 0 rings (SSSR count). The van der Waals surface area contributed by atoms with Crippen LogP contribution in [-0.4, -0.2) is 5.75 Å². The molecule has 0 nitrogen and oxygen atoms in total. The van der Waals surface area contributed by atoms with Gasteiger partial charge in [0.25, 0.3) is 0 Å². The van der Waals surface area contributed by atoms with Gasteiger partial charge in [-0.1, -0.05) is 39.5 Å². The lowest BCUT2D eigenvalue weighted by Crippen LogP contribution is -1.87. The predicted octanol–water partition coefficient (Wildman–Crippen LogP) is 4.12. The highest BCUT2D eigenvalue weighted by Gasteiger charge is 1.94. The van der Waals surface area contributed by atoms with Crippen molar-refractivity contribution < 1.29 is 0 Å². The van der Waals surface area contributed by atoms with Gasteiger partial charge in [0.1, 0.15) is 0 Å². The normalized spacial score (nSPS) is 11.0. The van der Waals surface area contributed by atoms with Crippen LogP contribution in [0.2, 0.25) is 0 Å². The van der Waals surface area contributed by atoms with Crippen molar-refractivity contribution in [2.75, 3.05) is 5.75 Å². The largest absolute Gasteiger partial charge is 0.179 e. The van der Waals surface area contributed by atoms with E-state index in [1.165, 1.54) is 38.5 Å². The van der Waals surface area contributed by atoms with Crippen molar-refractivity contribution in [1.82, 2.24) is 0 Å². The summed E-state index contributed by atoms with van der Waals surface area (Å²) in [4.78, 5) is 0. The first-order chi connectivity index (χ1) is 5.77. The Labute approximate surface area is 83.5 Å². The molecule has 0 aromatic rings. The molecule has 0 aliphatic heterocycles. The van der Waals surface area contributed by atoms with Gasteiger partial charge in [0.2, 0.25) is 0 Å². The summed E-state index contributed by atoms with van der Waals surface area (Å²) in [6.45, 7) is 4.59. The lowest BCUT2D eigenvalue weighted by Gasteiger charge is -2.03. The average molecular weight is 187 g/mol. The van der Waals surface area contributed by atoms with Crippen LogP contribution in [0.15, 0.2) is 0 Å². The molecule has 12 heavy (non-hydrogen) atoms. The summed E-state index contributed by atoms with van der Waals surface area (Å²) in [7, 11) is 0. The lowest BCUT2D eigenvalue weighted by molar-refractivity contribution is 0.534. The first-order valence-electron chi connectivity index (χ1n) is 5.20. The minimum absolute atomic E-state index is 0.877. The van der Waals surface area contributed by atoms with Gasteiger partial charge < -0.3 is 0 Å². The second-order valence-electron chi connectivity index (χ2n) is 3.83. The van der Waals surface area contributed by atoms with E-state index in [1.54, 1.807) is 0 Å². The van der Waals surface area contributed by atoms with Crippen molar-refractivity contribution in [1.29, 1.82) is 0 Å². The number of thiol groups is 1. The summed E-state index contributed by atoms with van der Waals surface area (Å²) < 4.78 is 0. The van der Waals surface area contributed by atoms with Crippen LogP contribution in [0, 0.1) is 12.3 Å². The van der Waals surface area contributed by atoms with E-state index in [4.69, 9.17) is 0 Å². The van der Waals surface area contributed by atoms with Gasteiger partial charge >= 0.3 is 0 Å². The van der Waals surface area contributed by atoms with Gasteiger partial charge in [-0.3, -0.25) is 0 Å². The number of hydrogen-bond acceptors (Lipinski definition) is 1. The quantitative estimate of drug-likeness (QED) is 0.429. The van der Waals surface area contributed by atoms with Crippen LogP contribution in [0.5, 0.6) is 0 Å². The molecule has 0 aromatic heterocycles. The molecule has 1 radical (unpaired) electrons. The second-order valence-corrected chi connectivity index (χ2v) is 4.28. The fourth-order valence-corrected chi connectivity index (χ4v) is 1.40.